The molecule has 0 spiro atoms. The Labute approximate surface area is 196 Å². The van der Waals surface area contributed by atoms with Crippen molar-refractivity contribution in [3.05, 3.63) is 78.8 Å². The minimum atomic E-state index is -0.351. The number of hydrogen-bond donors (Lipinski definition) is 2. The molecule has 5 nitrogen and oxygen atoms in total. The van der Waals surface area contributed by atoms with Crippen molar-refractivity contribution in [2.45, 2.75) is 26.2 Å². The van der Waals surface area contributed by atoms with Crippen LogP contribution in [0.5, 0.6) is 0 Å². The van der Waals surface area contributed by atoms with Gasteiger partial charge in [0.2, 0.25) is 0 Å². The number of carbonyl (C=O) groups excluding carboxylic acids is 1. The molecule has 1 aromatic heterocycles. The molecule has 145 valence electrons. The van der Waals surface area contributed by atoms with E-state index in [1.807, 2.05) is 30.3 Å². The second-order valence-electron chi connectivity index (χ2n) is 6.92. The van der Waals surface area contributed by atoms with E-state index in [1.54, 1.807) is 28.9 Å². The molecular weight excluding hydrogens is 449 g/mol. The molecule has 0 aliphatic carbocycles. The van der Waals surface area contributed by atoms with Gasteiger partial charge in [0, 0.05) is 54.9 Å². The molecule has 0 atom stereocenters. The zero-order valence-electron chi connectivity index (χ0n) is 16.5. The number of hydrogen-bond acceptors (Lipinski definition) is 2. The number of nitrogens with zero attached hydrogens (tertiary/aromatic N) is 2. The maximum atomic E-state index is 12.4. The van der Waals surface area contributed by atoms with E-state index in [-0.39, 0.29) is 51.6 Å². The molecule has 0 unspecified atom stereocenters. The summed E-state index contributed by atoms with van der Waals surface area (Å²) < 4.78 is 1.72. The SMILES string of the molecule is CC(C)(C)c1cc(NC(=O)Nc2ccc(Cl)cc2)n(-c2cc[c-]cc2)n1.[CH3-].[Y]. The van der Waals surface area contributed by atoms with E-state index in [4.69, 9.17) is 11.6 Å². The first-order valence-electron chi connectivity index (χ1n) is 8.23. The number of carbonyl (C=O) groups is 1. The normalized spacial score (nSPS) is 10.4. The largest absolute Gasteiger partial charge is 0.358 e. The summed E-state index contributed by atoms with van der Waals surface area (Å²) >= 11 is 5.87. The van der Waals surface area contributed by atoms with Gasteiger partial charge in [0.05, 0.1) is 5.69 Å². The molecule has 0 aliphatic heterocycles. The molecule has 3 aromatic rings. The van der Waals surface area contributed by atoms with Crippen LogP contribution in [-0.4, -0.2) is 15.8 Å². The van der Waals surface area contributed by atoms with Crippen LogP contribution in [0.3, 0.4) is 0 Å². The summed E-state index contributed by atoms with van der Waals surface area (Å²) in [6, 6.07) is 18.9. The molecule has 2 amide bonds. The first kappa shape index (κ1) is 24.4. The third-order valence-corrected chi connectivity index (χ3v) is 4.02. The maximum Gasteiger partial charge on any atom is 0.324 e. The second-order valence-corrected chi connectivity index (χ2v) is 7.36. The summed E-state index contributed by atoms with van der Waals surface area (Å²) in [4.78, 5) is 12.4. The van der Waals surface area contributed by atoms with E-state index < -0.39 is 0 Å². The topological polar surface area (TPSA) is 59.0 Å². The summed E-state index contributed by atoms with van der Waals surface area (Å²) in [5.41, 5.74) is 2.24. The third kappa shape index (κ3) is 6.16. The van der Waals surface area contributed by atoms with Gasteiger partial charge in [-0.15, -0.1) is 12.1 Å². The van der Waals surface area contributed by atoms with Crippen molar-refractivity contribution in [3.8, 4) is 5.69 Å². The zero-order valence-corrected chi connectivity index (χ0v) is 20.0. The van der Waals surface area contributed by atoms with Crippen molar-refractivity contribution in [1.29, 1.82) is 0 Å². The standard InChI is InChI=1S/C20H20ClN4O.CH3.Y/c1-20(2,3)17-13-18(25(24-17)16-7-5-4-6-8-16)23-19(26)22-15-11-9-14(21)10-12-15;;/h5-13H,1-3H3,(H2,22,23,26);1H3;/q2*-1;. The number of aromatic nitrogens is 2. The Morgan fingerprint density at radius 2 is 1.68 bits per heavy atom. The quantitative estimate of drug-likeness (QED) is 0.480. The van der Waals surface area contributed by atoms with Crippen molar-refractivity contribution < 1.29 is 37.5 Å². The number of anilines is 2. The first-order valence-corrected chi connectivity index (χ1v) is 8.61. The fraction of sp³-hybridized carbons (Fsp3) is 0.190. The van der Waals surface area contributed by atoms with Crippen LogP contribution in [0.25, 0.3) is 5.69 Å². The molecule has 0 fully saturated rings. The fourth-order valence-corrected chi connectivity index (χ4v) is 2.49. The van der Waals surface area contributed by atoms with Crippen LogP contribution in [-0.2, 0) is 38.1 Å². The molecule has 1 heterocycles. The van der Waals surface area contributed by atoms with Gasteiger partial charge < -0.3 is 12.7 Å². The number of rotatable bonds is 3. The minimum Gasteiger partial charge on any atom is -0.358 e. The molecule has 2 N–H and O–H groups in total. The minimum absolute atomic E-state index is 0. The van der Waals surface area contributed by atoms with E-state index in [0.29, 0.717) is 16.5 Å². The maximum absolute atomic E-state index is 12.4. The molecule has 28 heavy (non-hydrogen) atoms. The molecule has 2 aromatic carbocycles. The summed E-state index contributed by atoms with van der Waals surface area (Å²) in [6.45, 7) is 6.24. The Morgan fingerprint density at radius 3 is 2.25 bits per heavy atom. The van der Waals surface area contributed by atoms with Crippen molar-refractivity contribution >= 4 is 29.1 Å². The number of amides is 2. The Balaban J connectivity index is 0.00000196. The predicted octanol–water partition coefficient (Wildman–Crippen LogP) is 5.72. The third-order valence-electron chi connectivity index (χ3n) is 3.77. The van der Waals surface area contributed by atoms with E-state index in [9.17, 15) is 4.79 Å². The smallest absolute Gasteiger partial charge is 0.324 e. The molecule has 0 bridgehead atoms. The molecule has 0 saturated carbocycles. The van der Waals surface area contributed by atoms with Crippen LogP contribution in [0.4, 0.5) is 16.3 Å². The average molecular weight is 472 g/mol. The number of nitrogens with one attached hydrogen (secondary N) is 2. The summed E-state index contributed by atoms with van der Waals surface area (Å²) in [7, 11) is 0. The molecule has 0 aliphatic rings. The van der Waals surface area contributed by atoms with Crippen molar-refractivity contribution in [3.63, 3.8) is 0 Å². The Bertz CT molecular complexity index is 902. The molecule has 7 heteroatoms. The van der Waals surface area contributed by atoms with Crippen molar-refractivity contribution in [2.75, 3.05) is 10.6 Å². The van der Waals surface area contributed by atoms with Gasteiger partial charge in [0.25, 0.3) is 0 Å². The molecule has 1 radical (unpaired) electrons. The molecule has 3 rings (SSSR count). The number of benzene rings is 2. The van der Waals surface area contributed by atoms with Crippen LogP contribution in [0.2, 0.25) is 5.02 Å². The van der Waals surface area contributed by atoms with Crippen LogP contribution in [0.1, 0.15) is 26.5 Å². The monoisotopic (exact) mass is 471 g/mol. The predicted molar refractivity (Wildman–Crippen MR) is 112 cm³/mol. The summed E-state index contributed by atoms with van der Waals surface area (Å²) in [6.07, 6.45) is 0. The Hall–Kier alpha value is -1.69. The van der Waals surface area contributed by atoms with Gasteiger partial charge in [-0.3, -0.25) is 5.32 Å². The summed E-state index contributed by atoms with van der Waals surface area (Å²) in [5.74, 6) is 0.590. The van der Waals surface area contributed by atoms with E-state index in [1.165, 1.54) is 0 Å². The second kappa shape index (κ2) is 10.2. The average Bonchev–Trinajstić information content (AvgIpc) is 3.02. The number of urea groups is 1. The van der Waals surface area contributed by atoms with Gasteiger partial charge in [-0.1, -0.05) is 32.4 Å². The molecular formula is C21H23ClN4OY-2. The van der Waals surface area contributed by atoms with E-state index >= 15 is 0 Å². The van der Waals surface area contributed by atoms with Crippen molar-refractivity contribution in [1.82, 2.24) is 9.78 Å². The van der Waals surface area contributed by atoms with Gasteiger partial charge in [0.1, 0.15) is 5.82 Å². The first-order chi connectivity index (χ1) is 12.3. The zero-order chi connectivity index (χ0) is 18.7. The van der Waals surface area contributed by atoms with E-state index in [2.05, 4.69) is 42.6 Å². The fourth-order valence-electron chi connectivity index (χ4n) is 2.36. The van der Waals surface area contributed by atoms with Crippen LogP contribution in [0, 0.1) is 13.5 Å². The van der Waals surface area contributed by atoms with Gasteiger partial charge in [0.15, 0.2) is 0 Å². The Morgan fingerprint density at radius 1 is 1.07 bits per heavy atom. The van der Waals surface area contributed by atoms with Gasteiger partial charge >= 0.3 is 6.03 Å². The van der Waals surface area contributed by atoms with Gasteiger partial charge in [-0.25, -0.2) is 9.48 Å². The van der Waals surface area contributed by atoms with E-state index in [0.717, 1.165) is 11.4 Å². The van der Waals surface area contributed by atoms with Crippen LogP contribution >= 0.6 is 11.6 Å². The van der Waals surface area contributed by atoms with Crippen LogP contribution in [0.15, 0.2) is 54.6 Å². The Kier molecular flexibility index (Phi) is 8.87. The van der Waals surface area contributed by atoms with Crippen LogP contribution < -0.4 is 10.6 Å². The molecule has 0 saturated heterocycles. The number of halogens is 1. The van der Waals surface area contributed by atoms with Gasteiger partial charge in [-0.05, 0) is 30.0 Å². The van der Waals surface area contributed by atoms with Gasteiger partial charge in [-0.2, -0.15) is 23.3 Å². The van der Waals surface area contributed by atoms with Crippen molar-refractivity contribution in [2.24, 2.45) is 0 Å². The summed E-state index contributed by atoms with van der Waals surface area (Å²) in [5, 5.41) is 10.9.